The van der Waals surface area contributed by atoms with E-state index in [2.05, 4.69) is 4.98 Å². The van der Waals surface area contributed by atoms with E-state index in [9.17, 15) is 9.59 Å². The van der Waals surface area contributed by atoms with Crippen molar-refractivity contribution >= 4 is 17.0 Å². The Hall–Kier alpha value is -2.95. The summed E-state index contributed by atoms with van der Waals surface area (Å²) >= 11 is 0. The molecule has 0 aliphatic rings. The number of hydrogen-bond acceptors (Lipinski definition) is 3. The Kier molecular flexibility index (Phi) is 3.70. The molecule has 2 aromatic heterocycles. The molecular weight excluding hydrogens is 278 g/mol. The lowest BCUT2D eigenvalue weighted by atomic mass is 10.2. The zero-order chi connectivity index (χ0) is 15.5. The molecule has 0 bridgehead atoms. The molecule has 110 valence electrons. The summed E-state index contributed by atoms with van der Waals surface area (Å²) in [4.78, 5) is 28.7. The number of para-hydroxylation sites is 1. The molecule has 2 heterocycles. The molecule has 0 aliphatic heterocycles. The molecule has 1 aromatic carbocycles. The summed E-state index contributed by atoms with van der Waals surface area (Å²) < 4.78 is 2.73. The van der Waals surface area contributed by atoms with Crippen molar-refractivity contribution in [1.29, 1.82) is 0 Å². The van der Waals surface area contributed by atoms with E-state index in [4.69, 9.17) is 0 Å². The van der Waals surface area contributed by atoms with Gasteiger partial charge in [-0.2, -0.15) is 0 Å². The molecule has 3 rings (SSSR count). The highest BCUT2D eigenvalue weighted by Crippen LogP contribution is 2.06. The standard InChI is InChI=1S/C17H15N3O2/c1-19-15-7-3-2-6-14(15)16(21)20(17(19)22)12-4-5-13-8-10-18-11-9-13/h2-11H,12H2,1H3. The van der Waals surface area contributed by atoms with Crippen molar-refractivity contribution in [2.24, 2.45) is 7.05 Å². The van der Waals surface area contributed by atoms with Crippen LogP contribution in [0, 0.1) is 0 Å². The molecule has 0 atom stereocenters. The Morgan fingerprint density at radius 2 is 1.82 bits per heavy atom. The predicted octanol–water partition coefficient (Wildman–Crippen LogP) is 1.81. The van der Waals surface area contributed by atoms with Crippen molar-refractivity contribution in [3.05, 3.63) is 81.3 Å². The highest BCUT2D eigenvalue weighted by atomic mass is 16.2. The Morgan fingerprint density at radius 1 is 1.09 bits per heavy atom. The number of benzene rings is 1. The van der Waals surface area contributed by atoms with Crippen LogP contribution in [-0.2, 0) is 13.6 Å². The molecule has 5 nitrogen and oxygen atoms in total. The van der Waals surface area contributed by atoms with Gasteiger partial charge in [0.1, 0.15) is 0 Å². The average Bonchev–Trinajstić information content (AvgIpc) is 2.57. The summed E-state index contributed by atoms with van der Waals surface area (Å²) in [5.41, 5.74) is 1.04. The molecule has 0 saturated heterocycles. The van der Waals surface area contributed by atoms with Crippen LogP contribution in [0.3, 0.4) is 0 Å². The van der Waals surface area contributed by atoms with Gasteiger partial charge in [0, 0.05) is 26.0 Å². The third-order valence-corrected chi connectivity index (χ3v) is 3.56. The normalized spacial score (nSPS) is 11.3. The maximum Gasteiger partial charge on any atom is 0.331 e. The lowest BCUT2D eigenvalue weighted by Crippen LogP contribution is -2.38. The van der Waals surface area contributed by atoms with Gasteiger partial charge < -0.3 is 0 Å². The second-order valence-electron chi connectivity index (χ2n) is 4.96. The topological polar surface area (TPSA) is 56.9 Å². The van der Waals surface area contributed by atoms with Gasteiger partial charge in [0.2, 0.25) is 0 Å². The van der Waals surface area contributed by atoms with Gasteiger partial charge in [-0.1, -0.05) is 24.3 Å². The summed E-state index contributed by atoms with van der Waals surface area (Å²) in [6, 6.07) is 10.8. The smallest absolute Gasteiger partial charge is 0.296 e. The fourth-order valence-electron chi connectivity index (χ4n) is 2.39. The molecule has 0 N–H and O–H groups in total. The molecule has 0 amide bonds. The minimum atomic E-state index is -0.317. The first-order valence-electron chi connectivity index (χ1n) is 6.93. The first-order chi connectivity index (χ1) is 10.7. The van der Waals surface area contributed by atoms with E-state index in [0.29, 0.717) is 10.9 Å². The molecule has 22 heavy (non-hydrogen) atoms. The Bertz CT molecular complexity index is 953. The van der Waals surface area contributed by atoms with Crippen LogP contribution in [0.1, 0.15) is 5.56 Å². The summed E-state index contributed by atoms with van der Waals surface area (Å²) in [6.07, 6.45) is 7.05. The number of allylic oxidation sites excluding steroid dienone is 1. The van der Waals surface area contributed by atoms with Crippen LogP contribution in [0.4, 0.5) is 0 Å². The Balaban J connectivity index is 2.03. The van der Waals surface area contributed by atoms with Gasteiger partial charge >= 0.3 is 5.69 Å². The maximum atomic E-state index is 12.4. The SMILES string of the molecule is Cn1c(=O)n(CC=Cc2ccncc2)c(=O)c2ccccc21. The summed E-state index contributed by atoms with van der Waals surface area (Å²) in [5, 5.41) is 0.543. The van der Waals surface area contributed by atoms with Crippen LogP contribution in [-0.4, -0.2) is 14.1 Å². The number of hydrogen-bond donors (Lipinski definition) is 0. The average molecular weight is 293 g/mol. The predicted molar refractivity (Wildman–Crippen MR) is 86.7 cm³/mol. The number of aryl methyl sites for hydroxylation is 1. The van der Waals surface area contributed by atoms with Crippen molar-refractivity contribution in [2.75, 3.05) is 0 Å². The van der Waals surface area contributed by atoms with Crippen LogP contribution >= 0.6 is 0 Å². The quantitative estimate of drug-likeness (QED) is 0.740. The van der Waals surface area contributed by atoms with Crippen molar-refractivity contribution in [3.63, 3.8) is 0 Å². The van der Waals surface area contributed by atoms with Gasteiger partial charge in [-0.15, -0.1) is 0 Å². The van der Waals surface area contributed by atoms with Crippen molar-refractivity contribution in [3.8, 4) is 0 Å². The summed E-state index contributed by atoms with van der Waals surface area (Å²) in [7, 11) is 1.67. The zero-order valence-corrected chi connectivity index (χ0v) is 12.1. The number of pyridine rings is 1. The van der Waals surface area contributed by atoms with E-state index in [1.54, 1.807) is 43.7 Å². The number of rotatable bonds is 3. The van der Waals surface area contributed by atoms with E-state index < -0.39 is 0 Å². The van der Waals surface area contributed by atoms with Crippen LogP contribution in [0.15, 0.2) is 64.5 Å². The highest BCUT2D eigenvalue weighted by Gasteiger charge is 2.08. The third-order valence-electron chi connectivity index (χ3n) is 3.56. The second-order valence-corrected chi connectivity index (χ2v) is 4.96. The largest absolute Gasteiger partial charge is 0.331 e. The molecule has 0 saturated carbocycles. The molecule has 0 fully saturated rings. The minimum absolute atomic E-state index is 0.235. The van der Waals surface area contributed by atoms with Crippen LogP contribution < -0.4 is 11.2 Å². The first-order valence-corrected chi connectivity index (χ1v) is 6.93. The summed E-state index contributed by atoms with van der Waals surface area (Å²) in [5.74, 6) is 0. The molecule has 3 aromatic rings. The van der Waals surface area contributed by atoms with E-state index in [1.165, 1.54) is 9.13 Å². The van der Waals surface area contributed by atoms with Gasteiger partial charge in [0.15, 0.2) is 0 Å². The fourth-order valence-corrected chi connectivity index (χ4v) is 2.39. The summed E-state index contributed by atoms with van der Waals surface area (Å²) in [6.45, 7) is 0.235. The number of aromatic nitrogens is 3. The lowest BCUT2D eigenvalue weighted by molar-refractivity contribution is 0.672. The Morgan fingerprint density at radius 3 is 2.59 bits per heavy atom. The minimum Gasteiger partial charge on any atom is -0.296 e. The van der Waals surface area contributed by atoms with Gasteiger partial charge in [-0.05, 0) is 29.8 Å². The molecule has 0 unspecified atom stereocenters. The fraction of sp³-hybridized carbons (Fsp3) is 0.118. The number of fused-ring (bicyclic) bond motifs is 1. The van der Waals surface area contributed by atoms with Gasteiger partial charge in [0.05, 0.1) is 10.9 Å². The van der Waals surface area contributed by atoms with Gasteiger partial charge in [0.25, 0.3) is 5.56 Å². The zero-order valence-electron chi connectivity index (χ0n) is 12.1. The lowest BCUT2D eigenvalue weighted by Gasteiger charge is -2.08. The van der Waals surface area contributed by atoms with Crippen LogP contribution in [0.25, 0.3) is 17.0 Å². The van der Waals surface area contributed by atoms with E-state index in [0.717, 1.165) is 5.56 Å². The van der Waals surface area contributed by atoms with Crippen molar-refractivity contribution in [1.82, 2.24) is 14.1 Å². The highest BCUT2D eigenvalue weighted by molar-refractivity contribution is 5.77. The second kappa shape index (κ2) is 5.81. The van der Waals surface area contributed by atoms with Crippen molar-refractivity contribution < 1.29 is 0 Å². The maximum absolute atomic E-state index is 12.4. The third kappa shape index (κ3) is 2.48. The number of nitrogens with zero attached hydrogens (tertiary/aromatic N) is 3. The molecule has 0 aliphatic carbocycles. The van der Waals surface area contributed by atoms with E-state index >= 15 is 0 Å². The van der Waals surface area contributed by atoms with Gasteiger partial charge in [-0.25, -0.2) is 4.79 Å². The Labute approximate surface area is 126 Å². The molecular formula is C17H15N3O2. The van der Waals surface area contributed by atoms with Crippen LogP contribution in [0.5, 0.6) is 0 Å². The van der Waals surface area contributed by atoms with Crippen molar-refractivity contribution in [2.45, 2.75) is 6.54 Å². The van der Waals surface area contributed by atoms with Gasteiger partial charge in [-0.3, -0.25) is 18.9 Å². The molecule has 5 heteroatoms. The van der Waals surface area contributed by atoms with E-state index in [1.807, 2.05) is 24.3 Å². The monoisotopic (exact) mass is 293 g/mol. The van der Waals surface area contributed by atoms with Crippen LogP contribution in [0.2, 0.25) is 0 Å². The molecule has 0 radical (unpaired) electrons. The molecule has 0 spiro atoms. The first kappa shape index (κ1) is 14.0. The van der Waals surface area contributed by atoms with E-state index in [-0.39, 0.29) is 17.8 Å².